The van der Waals surface area contributed by atoms with Crippen molar-refractivity contribution in [2.75, 3.05) is 6.61 Å². The number of hydrogen-bond acceptors (Lipinski definition) is 1. The minimum absolute atomic E-state index is 0.512. The van der Waals surface area contributed by atoms with Crippen LogP contribution in [0.3, 0.4) is 0 Å². The van der Waals surface area contributed by atoms with Crippen LogP contribution in [0.15, 0.2) is 12.7 Å². The van der Waals surface area contributed by atoms with Crippen LogP contribution in [0, 0.1) is 5.92 Å². The van der Waals surface area contributed by atoms with Crippen molar-refractivity contribution in [3.8, 4) is 0 Å². The van der Waals surface area contributed by atoms with Crippen molar-refractivity contribution < 1.29 is 4.74 Å². The Morgan fingerprint density at radius 3 is 3.00 bits per heavy atom. The van der Waals surface area contributed by atoms with Crippen LogP contribution in [0.1, 0.15) is 13.3 Å². The minimum atomic E-state index is 0.512. The lowest BCUT2D eigenvalue weighted by Gasteiger charge is -1.93. The number of hydrogen-bond donors (Lipinski definition) is 0. The van der Waals surface area contributed by atoms with Crippen molar-refractivity contribution in [1.29, 1.82) is 0 Å². The van der Waals surface area contributed by atoms with Gasteiger partial charge in [-0.05, 0) is 13.3 Å². The molecule has 1 fully saturated rings. The highest BCUT2D eigenvalue weighted by Crippen LogP contribution is 2.33. The van der Waals surface area contributed by atoms with Gasteiger partial charge in [0.1, 0.15) is 0 Å². The highest BCUT2D eigenvalue weighted by atomic mass is 16.5. The van der Waals surface area contributed by atoms with Crippen molar-refractivity contribution in [1.82, 2.24) is 0 Å². The van der Waals surface area contributed by atoms with Gasteiger partial charge in [0, 0.05) is 12.5 Å². The molecule has 8 heavy (non-hydrogen) atoms. The van der Waals surface area contributed by atoms with Gasteiger partial charge in [0.15, 0.2) is 0 Å². The molecule has 0 unspecified atom stereocenters. The fourth-order valence-corrected chi connectivity index (χ4v) is 0.843. The summed E-state index contributed by atoms with van der Waals surface area (Å²) in [6.07, 6.45) is 3.68. The summed E-state index contributed by atoms with van der Waals surface area (Å²) in [5.74, 6) is 0.662. The van der Waals surface area contributed by atoms with E-state index in [0.29, 0.717) is 12.0 Å². The summed E-state index contributed by atoms with van der Waals surface area (Å²) in [5.41, 5.74) is 0. The molecule has 0 N–H and O–H groups in total. The zero-order chi connectivity index (χ0) is 5.98. The van der Waals surface area contributed by atoms with Crippen LogP contribution < -0.4 is 0 Å². The summed E-state index contributed by atoms with van der Waals surface area (Å²) in [6, 6.07) is 0. The molecule has 0 heterocycles. The normalized spacial score (nSPS) is 34.6. The Morgan fingerprint density at radius 2 is 2.62 bits per heavy atom. The van der Waals surface area contributed by atoms with Gasteiger partial charge >= 0.3 is 0 Å². The third-order valence-electron chi connectivity index (χ3n) is 1.46. The zero-order valence-electron chi connectivity index (χ0n) is 5.26. The predicted molar refractivity (Wildman–Crippen MR) is 33.7 cm³/mol. The summed E-state index contributed by atoms with van der Waals surface area (Å²) in [6.45, 7) is 6.54. The van der Waals surface area contributed by atoms with Gasteiger partial charge < -0.3 is 4.74 Å². The van der Waals surface area contributed by atoms with Gasteiger partial charge in [-0.15, -0.1) is 6.58 Å². The lowest BCUT2D eigenvalue weighted by Crippen LogP contribution is -1.93. The van der Waals surface area contributed by atoms with Gasteiger partial charge in [-0.1, -0.05) is 6.08 Å². The molecule has 0 aliphatic heterocycles. The molecule has 1 aliphatic rings. The molecule has 1 rings (SSSR count). The SMILES string of the molecule is C=C[C@@H]1C[C@@H]1OCC. The van der Waals surface area contributed by atoms with E-state index in [4.69, 9.17) is 4.74 Å². The van der Waals surface area contributed by atoms with Crippen molar-refractivity contribution in [2.24, 2.45) is 5.92 Å². The Labute approximate surface area is 50.3 Å². The summed E-state index contributed by atoms with van der Waals surface area (Å²) < 4.78 is 5.29. The van der Waals surface area contributed by atoms with E-state index in [2.05, 4.69) is 6.58 Å². The largest absolute Gasteiger partial charge is 0.378 e. The standard InChI is InChI=1S/C7H12O/c1-3-6-5-7(6)8-4-2/h3,6-7H,1,4-5H2,2H3/t6-,7+/m1/s1. The van der Waals surface area contributed by atoms with Crippen LogP contribution in [-0.2, 0) is 4.74 Å². The van der Waals surface area contributed by atoms with Gasteiger partial charge in [-0.2, -0.15) is 0 Å². The fourth-order valence-electron chi connectivity index (χ4n) is 0.843. The molecule has 1 aliphatic carbocycles. The smallest absolute Gasteiger partial charge is 0.0644 e. The number of rotatable bonds is 3. The first-order valence-corrected chi connectivity index (χ1v) is 3.12. The molecule has 0 aromatic carbocycles. The molecular formula is C7H12O. The Morgan fingerprint density at radius 1 is 1.88 bits per heavy atom. The highest BCUT2D eigenvalue weighted by molar-refractivity contribution is 4.99. The quantitative estimate of drug-likeness (QED) is 0.504. The van der Waals surface area contributed by atoms with Crippen molar-refractivity contribution >= 4 is 0 Å². The van der Waals surface area contributed by atoms with E-state index in [0.717, 1.165) is 6.61 Å². The molecule has 46 valence electrons. The van der Waals surface area contributed by atoms with E-state index < -0.39 is 0 Å². The highest BCUT2D eigenvalue weighted by Gasteiger charge is 2.34. The van der Waals surface area contributed by atoms with Crippen LogP contribution in [-0.4, -0.2) is 12.7 Å². The third kappa shape index (κ3) is 1.10. The lowest BCUT2D eigenvalue weighted by atomic mass is 10.4. The van der Waals surface area contributed by atoms with Crippen LogP contribution in [0.2, 0.25) is 0 Å². The second-order valence-electron chi connectivity index (χ2n) is 2.13. The first-order chi connectivity index (χ1) is 3.88. The van der Waals surface area contributed by atoms with Crippen LogP contribution >= 0.6 is 0 Å². The van der Waals surface area contributed by atoms with E-state index in [1.165, 1.54) is 6.42 Å². The summed E-state index contributed by atoms with van der Waals surface area (Å²) in [5, 5.41) is 0. The molecule has 0 radical (unpaired) electrons. The van der Waals surface area contributed by atoms with Gasteiger partial charge in [-0.25, -0.2) is 0 Å². The Hall–Kier alpha value is -0.300. The molecule has 0 amide bonds. The number of ether oxygens (including phenoxy) is 1. The van der Waals surface area contributed by atoms with E-state index in [9.17, 15) is 0 Å². The summed E-state index contributed by atoms with van der Waals surface area (Å²) in [7, 11) is 0. The van der Waals surface area contributed by atoms with Crippen molar-refractivity contribution in [3.63, 3.8) is 0 Å². The molecular weight excluding hydrogens is 100 g/mol. The van der Waals surface area contributed by atoms with Gasteiger partial charge in [0.05, 0.1) is 6.10 Å². The van der Waals surface area contributed by atoms with Crippen molar-refractivity contribution in [2.45, 2.75) is 19.4 Å². The molecule has 0 bridgehead atoms. The zero-order valence-corrected chi connectivity index (χ0v) is 5.26. The predicted octanol–water partition coefficient (Wildman–Crippen LogP) is 1.60. The van der Waals surface area contributed by atoms with Crippen LogP contribution in [0.5, 0.6) is 0 Å². The second-order valence-corrected chi connectivity index (χ2v) is 2.13. The Bertz CT molecular complexity index is 88.4. The molecule has 0 aromatic heterocycles. The van der Waals surface area contributed by atoms with Gasteiger partial charge in [0.2, 0.25) is 0 Å². The molecule has 1 heteroatoms. The van der Waals surface area contributed by atoms with E-state index in [1.807, 2.05) is 13.0 Å². The molecule has 0 aromatic rings. The van der Waals surface area contributed by atoms with Crippen LogP contribution in [0.4, 0.5) is 0 Å². The Kier molecular flexibility index (Phi) is 1.69. The maximum Gasteiger partial charge on any atom is 0.0644 e. The maximum absolute atomic E-state index is 5.29. The van der Waals surface area contributed by atoms with E-state index in [1.54, 1.807) is 0 Å². The lowest BCUT2D eigenvalue weighted by molar-refractivity contribution is 0.126. The van der Waals surface area contributed by atoms with Gasteiger partial charge in [0.25, 0.3) is 0 Å². The minimum Gasteiger partial charge on any atom is -0.378 e. The average molecular weight is 112 g/mol. The third-order valence-corrected chi connectivity index (χ3v) is 1.46. The maximum atomic E-state index is 5.29. The average Bonchev–Trinajstić information content (AvgIpc) is 2.48. The first kappa shape index (κ1) is 5.83. The molecule has 0 saturated heterocycles. The molecule has 0 spiro atoms. The summed E-state index contributed by atoms with van der Waals surface area (Å²) >= 11 is 0. The molecule has 1 saturated carbocycles. The summed E-state index contributed by atoms with van der Waals surface area (Å²) in [4.78, 5) is 0. The monoisotopic (exact) mass is 112 g/mol. The first-order valence-electron chi connectivity index (χ1n) is 3.12. The van der Waals surface area contributed by atoms with E-state index >= 15 is 0 Å². The van der Waals surface area contributed by atoms with E-state index in [-0.39, 0.29) is 0 Å². The fraction of sp³-hybridized carbons (Fsp3) is 0.714. The van der Waals surface area contributed by atoms with Crippen LogP contribution in [0.25, 0.3) is 0 Å². The topological polar surface area (TPSA) is 9.23 Å². The van der Waals surface area contributed by atoms with Gasteiger partial charge in [-0.3, -0.25) is 0 Å². The molecule has 2 atom stereocenters. The molecule has 1 nitrogen and oxygen atoms in total. The second kappa shape index (κ2) is 2.31. The Balaban J connectivity index is 2.07. The van der Waals surface area contributed by atoms with Crippen molar-refractivity contribution in [3.05, 3.63) is 12.7 Å².